The molecule has 0 saturated carbocycles. The van der Waals surface area contributed by atoms with Crippen LogP contribution in [0.3, 0.4) is 0 Å². The monoisotopic (exact) mass is 587 g/mol. The zero-order chi connectivity index (χ0) is 30.5. The number of para-hydroxylation sites is 1. The van der Waals surface area contributed by atoms with E-state index in [9.17, 15) is 0 Å². The van der Waals surface area contributed by atoms with Crippen molar-refractivity contribution in [1.82, 2.24) is 0 Å². The van der Waals surface area contributed by atoms with Crippen molar-refractivity contribution in [2.24, 2.45) is 0 Å². The predicted octanol–water partition coefficient (Wildman–Crippen LogP) is 12.6. The lowest BCUT2D eigenvalue weighted by atomic mass is 9.96. The first-order chi connectivity index (χ1) is 22.7. The second kappa shape index (κ2) is 10.8. The van der Waals surface area contributed by atoms with E-state index < -0.39 is 0 Å². The molecule has 0 aliphatic carbocycles. The third kappa shape index (κ3) is 4.68. The Hall–Kier alpha value is -6.12. The van der Waals surface area contributed by atoms with E-state index in [-0.39, 0.29) is 0 Å². The first-order valence-corrected chi connectivity index (χ1v) is 15.7. The minimum Gasteiger partial charge on any atom is -0.456 e. The molecule has 0 amide bonds. The molecule has 1 heterocycles. The first-order valence-electron chi connectivity index (χ1n) is 15.7. The van der Waals surface area contributed by atoms with Gasteiger partial charge in [0.25, 0.3) is 0 Å². The third-order valence-electron chi connectivity index (χ3n) is 9.04. The minimum absolute atomic E-state index is 0.889. The Morgan fingerprint density at radius 3 is 1.52 bits per heavy atom. The van der Waals surface area contributed by atoms with E-state index in [1.165, 1.54) is 54.9 Å². The summed E-state index contributed by atoms with van der Waals surface area (Å²) in [5.41, 5.74) is 11.2. The Labute approximate surface area is 267 Å². The second-order valence-corrected chi connectivity index (χ2v) is 11.9. The lowest BCUT2D eigenvalue weighted by Gasteiger charge is -2.10. The van der Waals surface area contributed by atoms with E-state index >= 15 is 0 Å². The number of benzene rings is 8. The van der Waals surface area contributed by atoms with Crippen LogP contribution in [0.2, 0.25) is 0 Å². The molecule has 0 fully saturated rings. The molecule has 9 aromatic rings. The molecule has 0 atom stereocenters. The number of hydrogen-bond donors (Lipinski definition) is 1. The molecule has 2 nitrogen and oxygen atoms in total. The molecule has 9 rings (SSSR count). The molecule has 1 N–H and O–H groups in total. The van der Waals surface area contributed by atoms with Gasteiger partial charge in [0.1, 0.15) is 11.2 Å². The molecule has 0 aliphatic heterocycles. The Morgan fingerprint density at radius 2 is 0.826 bits per heavy atom. The van der Waals surface area contributed by atoms with E-state index in [1.54, 1.807) is 0 Å². The molecule has 0 saturated heterocycles. The van der Waals surface area contributed by atoms with E-state index in [0.29, 0.717) is 0 Å². The standard InChI is InChI=1S/C44H29NO/c1-2-7-33-26-35(17-16-29(33)6-1)38-21-20-36-27-34(18-19-37(36)28-38)32-14-12-30(13-15-32)31-22-24-39(25-23-31)45-41-9-5-11-43-44(41)40-8-3-4-10-42(40)46-43/h1-28,45H. The van der Waals surface area contributed by atoms with Crippen molar-refractivity contribution < 1.29 is 4.42 Å². The predicted molar refractivity (Wildman–Crippen MR) is 195 cm³/mol. The van der Waals surface area contributed by atoms with Gasteiger partial charge in [0.05, 0.1) is 11.1 Å². The van der Waals surface area contributed by atoms with Gasteiger partial charge in [0.2, 0.25) is 0 Å². The molecule has 46 heavy (non-hydrogen) atoms. The highest BCUT2D eigenvalue weighted by Crippen LogP contribution is 2.36. The molecule has 0 radical (unpaired) electrons. The number of fused-ring (bicyclic) bond motifs is 5. The summed E-state index contributed by atoms with van der Waals surface area (Å²) in [5.74, 6) is 0. The van der Waals surface area contributed by atoms with Gasteiger partial charge in [0.15, 0.2) is 0 Å². The Morgan fingerprint density at radius 1 is 0.348 bits per heavy atom. The normalized spacial score (nSPS) is 11.5. The first kappa shape index (κ1) is 26.3. The Bertz CT molecular complexity index is 2540. The van der Waals surface area contributed by atoms with E-state index in [1.807, 2.05) is 24.3 Å². The van der Waals surface area contributed by atoms with Crippen LogP contribution in [0.5, 0.6) is 0 Å². The van der Waals surface area contributed by atoms with Crippen molar-refractivity contribution in [2.45, 2.75) is 0 Å². The van der Waals surface area contributed by atoms with Gasteiger partial charge in [0, 0.05) is 11.1 Å². The van der Waals surface area contributed by atoms with Crippen LogP contribution in [0, 0.1) is 0 Å². The van der Waals surface area contributed by atoms with Gasteiger partial charge in [-0.2, -0.15) is 0 Å². The van der Waals surface area contributed by atoms with Gasteiger partial charge >= 0.3 is 0 Å². The van der Waals surface area contributed by atoms with Crippen LogP contribution >= 0.6 is 0 Å². The summed E-state index contributed by atoms with van der Waals surface area (Å²) >= 11 is 0. The van der Waals surface area contributed by atoms with Crippen LogP contribution in [0.4, 0.5) is 11.4 Å². The number of anilines is 2. The van der Waals surface area contributed by atoms with Crippen LogP contribution in [-0.2, 0) is 0 Å². The van der Waals surface area contributed by atoms with Crippen molar-refractivity contribution in [3.63, 3.8) is 0 Å². The average Bonchev–Trinajstić information content (AvgIpc) is 3.51. The molecule has 8 aromatic carbocycles. The molecular weight excluding hydrogens is 558 g/mol. The van der Waals surface area contributed by atoms with Gasteiger partial charge in [-0.1, -0.05) is 121 Å². The van der Waals surface area contributed by atoms with E-state index in [2.05, 4.69) is 151 Å². The number of nitrogens with one attached hydrogen (secondary N) is 1. The molecule has 216 valence electrons. The average molecular weight is 588 g/mol. The lowest BCUT2D eigenvalue weighted by Crippen LogP contribution is -1.91. The minimum atomic E-state index is 0.889. The summed E-state index contributed by atoms with van der Waals surface area (Å²) in [6.45, 7) is 0. The van der Waals surface area contributed by atoms with Gasteiger partial charge in [-0.3, -0.25) is 0 Å². The van der Waals surface area contributed by atoms with Gasteiger partial charge in [-0.15, -0.1) is 0 Å². The molecular formula is C44H29NO. The molecule has 0 spiro atoms. The SMILES string of the molecule is c1ccc2cc(-c3ccc4cc(-c5ccc(-c6ccc(Nc7cccc8oc9ccccc9c78)cc6)cc5)ccc4c3)ccc2c1. The van der Waals surface area contributed by atoms with Crippen LogP contribution in [0.1, 0.15) is 0 Å². The summed E-state index contributed by atoms with van der Waals surface area (Å²) in [6.07, 6.45) is 0. The Kier molecular flexibility index (Phi) is 6.17. The van der Waals surface area contributed by atoms with Crippen LogP contribution in [0.15, 0.2) is 174 Å². The zero-order valence-electron chi connectivity index (χ0n) is 25.1. The van der Waals surface area contributed by atoms with Gasteiger partial charge in [-0.05, 0) is 103 Å². The molecule has 1 aromatic heterocycles. The van der Waals surface area contributed by atoms with Crippen molar-refractivity contribution in [2.75, 3.05) is 5.32 Å². The van der Waals surface area contributed by atoms with E-state index in [4.69, 9.17) is 4.42 Å². The molecule has 0 aliphatic rings. The topological polar surface area (TPSA) is 25.2 Å². The summed E-state index contributed by atoms with van der Waals surface area (Å²) in [4.78, 5) is 0. The fourth-order valence-corrected chi connectivity index (χ4v) is 6.61. The summed E-state index contributed by atoms with van der Waals surface area (Å²) in [7, 11) is 0. The molecule has 0 unspecified atom stereocenters. The fraction of sp³-hybridized carbons (Fsp3) is 0. The van der Waals surface area contributed by atoms with Crippen molar-refractivity contribution in [1.29, 1.82) is 0 Å². The molecule has 0 bridgehead atoms. The van der Waals surface area contributed by atoms with Crippen LogP contribution in [-0.4, -0.2) is 0 Å². The van der Waals surface area contributed by atoms with E-state index in [0.717, 1.165) is 33.3 Å². The smallest absolute Gasteiger partial charge is 0.137 e. The quantitative estimate of drug-likeness (QED) is 0.217. The largest absolute Gasteiger partial charge is 0.456 e. The van der Waals surface area contributed by atoms with Gasteiger partial charge in [-0.25, -0.2) is 0 Å². The maximum absolute atomic E-state index is 6.06. The number of furan rings is 1. The zero-order valence-corrected chi connectivity index (χ0v) is 25.1. The van der Waals surface area contributed by atoms with Gasteiger partial charge < -0.3 is 9.73 Å². The highest BCUT2D eigenvalue weighted by molar-refractivity contribution is 6.12. The molecule has 2 heteroatoms. The number of hydrogen-bond acceptors (Lipinski definition) is 2. The Balaban J connectivity index is 0.944. The highest BCUT2D eigenvalue weighted by atomic mass is 16.3. The van der Waals surface area contributed by atoms with Crippen LogP contribution in [0.25, 0.3) is 76.9 Å². The maximum atomic E-state index is 6.06. The second-order valence-electron chi connectivity index (χ2n) is 11.9. The lowest BCUT2D eigenvalue weighted by molar-refractivity contribution is 0.669. The van der Waals surface area contributed by atoms with Crippen molar-refractivity contribution in [3.05, 3.63) is 170 Å². The summed E-state index contributed by atoms with van der Waals surface area (Å²) < 4.78 is 6.06. The number of rotatable bonds is 5. The highest BCUT2D eigenvalue weighted by Gasteiger charge is 2.11. The summed E-state index contributed by atoms with van der Waals surface area (Å²) in [5, 5.41) is 10.9. The fourth-order valence-electron chi connectivity index (χ4n) is 6.61. The maximum Gasteiger partial charge on any atom is 0.137 e. The van der Waals surface area contributed by atoms with Crippen LogP contribution < -0.4 is 5.32 Å². The summed E-state index contributed by atoms with van der Waals surface area (Å²) in [6, 6.07) is 60.6. The third-order valence-corrected chi connectivity index (χ3v) is 9.04. The van der Waals surface area contributed by atoms with Crippen molar-refractivity contribution >= 4 is 54.9 Å². The van der Waals surface area contributed by atoms with Crippen molar-refractivity contribution in [3.8, 4) is 33.4 Å².